The van der Waals surface area contributed by atoms with E-state index >= 15 is 0 Å². The Balaban J connectivity index is 3.47. The average molecular weight is 244 g/mol. The van der Waals surface area contributed by atoms with Crippen molar-refractivity contribution in [1.82, 2.24) is 0 Å². The van der Waals surface area contributed by atoms with Gasteiger partial charge < -0.3 is 10.2 Å². The average Bonchev–Trinajstić information content (AvgIpc) is 2.32. The second kappa shape index (κ2) is 9.46. The summed E-state index contributed by atoms with van der Waals surface area (Å²) in [5.74, 6) is -0.886. The van der Waals surface area contributed by atoms with E-state index in [4.69, 9.17) is 10.2 Å². The lowest BCUT2D eigenvalue weighted by atomic mass is 9.85. The molecule has 0 amide bonds. The smallest absolute Gasteiger partial charge is 0.311 e. The molecule has 1 atom stereocenters. The van der Waals surface area contributed by atoms with Crippen molar-refractivity contribution in [3.05, 3.63) is 0 Å². The quantitative estimate of drug-likeness (QED) is 0.546. The number of carboxylic acids is 1. The Morgan fingerprint density at radius 1 is 1.00 bits per heavy atom. The van der Waals surface area contributed by atoms with Crippen molar-refractivity contribution in [2.24, 2.45) is 5.41 Å². The Morgan fingerprint density at radius 3 is 1.88 bits per heavy atom. The largest absolute Gasteiger partial charge is 0.481 e. The van der Waals surface area contributed by atoms with E-state index in [9.17, 15) is 4.79 Å². The van der Waals surface area contributed by atoms with Gasteiger partial charge in [0.1, 0.15) is 0 Å². The molecular formula is C14H28O3. The van der Waals surface area contributed by atoms with E-state index in [1.54, 1.807) is 6.92 Å². The molecular weight excluding hydrogens is 216 g/mol. The fourth-order valence-corrected chi connectivity index (χ4v) is 1.90. The van der Waals surface area contributed by atoms with Gasteiger partial charge in [-0.05, 0) is 13.3 Å². The summed E-state index contributed by atoms with van der Waals surface area (Å²) >= 11 is 0. The number of aliphatic hydroxyl groups excluding tert-OH is 1. The van der Waals surface area contributed by atoms with Crippen LogP contribution in [0.15, 0.2) is 0 Å². The molecule has 3 heteroatoms. The van der Waals surface area contributed by atoms with Crippen molar-refractivity contribution >= 4 is 5.97 Å². The highest BCUT2D eigenvalue weighted by molar-refractivity contribution is 5.74. The highest BCUT2D eigenvalue weighted by atomic mass is 16.4. The van der Waals surface area contributed by atoms with Crippen molar-refractivity contribution in [2.45, 2.75) is 71.6 Å². The molecule has 0 aliphatic rings. The van der Waals surface area contributed by atoms with Gasteiger partial charge in [-0.25, -0.2) is 0 Å². The van der Waals surface area contributed by atoms with Crippen LogP contribution in [0, 0.1) is 5.41 Å². The van der Waals surface area contributed by atoms with E-state index in [0.29, 0.717) is 6.42 Å². The zero-order valence-corrected chi connectivity index (χ0v) is 11.4. The van der Waals surface area contributed by atoms with Gasteiger partial charge in [0.05, 0.1) is 12.0 Å². The number of carboxylic acid groups (broad SMARTS) is 1. The summed E-state index contributed by atoms with van der Waals surface area (Å²) < 4.78 is 0. The molecule has 0 aliphatic carbocycles. The third-order valence-corrected chi connectivity index (χ3v) is 3.45. The van der Waals surface area contributed by atoms with Gasteiger partial charge in [-0.3, -0.25) is 4.79 Å². The number of carbonyl (C=O) groups is 1. The first kappa shape index (κ1) is 16.4. The number of hydrogen-bond donors (Lipinski definition) is 2. The molecule has 102 valence electrons. The molecule has 0 saturated heterocycles. The van der Waals surface area contributed by atoms with E-state index in [2.05, 4.69) is 6.92 Å². The molecule has 0 rings (SSSR count). The van der Waals surface area contributed by atoms with Crippen molar-refractivity contribution < 1.29 is 15.0 Å². The Hall–Kier alpha value is -0.570. The topological polar surface area (TPSA) is 57.5 Å². The SMILES string of the molecule is CCCCCCCCCCC(C)(CO)C(=O)O. The highest BCUT2D eigenvalue weighted by Crippen LogP contribution is 2.24. The van der Waals surface area contributed by atoms with E-state index in [0.717, 1.165) is 12.8 Å². The first-order chi connectivity index (χ1) is 8.06. The number of rotatable bonds is 11. The third-order valence-electron chi connectivity index (χ3n) is 3.45. The highest BCUT2D eigenvalue weighted by Gasteiger charge is 2.31. The Morgan fingerprint density at radius 2 is 1.47 bits per heavy atom. The summed E-state index contributed by atoms with van der Waals surface area (Å²) in [6, 6.07) is 0. The standard InChI is InChI=1S/C14H28O3/c1-3-4-5-6-7-8-9-10-11-14(2,12-15)13(16)17/h15H,3-12H2,1-2H3,(H,16,17). The first-order valence-electron chi connectivity index (χ1n) is 6.91. The maximum Gasteiger partial charge on any atom is 0.311 e. The lowest BCUT2D eigenvalue weighted by Gasteiger charge is -2.21. The molecule has 0 aliphatic heterocycles. The normalized spacial score (nSPS) is 14.5. The van der Waals surface area contributed by atoms with E-state index in [1.165, 1.54) is 38.5 Å². The Labute approximate surface area is 105 Å². The summed E-state index contributed by atoms with van der Waals surface area (Å²) in [7, 11) is 0. The number of aliphatic carboxylic acids is 1. The zero-order valence-electron chi connectivity index (χ0n) is 11.4. The molecule has 0 fully saturated rings. The number of hydrogen-bond acceptors (Lipinski definition) is 2. The molecule has 2 N–H and O–H groups in total. The maximum absolute atomic E-state index is 10.9. The van der Waals surface area contributed by atoms with Crippen LogP contribution in [0.3, 0.4) is 0 Å². The number of aliphatic hydroxyl groups is 1. The van der Waals surface area contributed by atoms with Crippen molar-refractivity contribution in [3.8, 4) is 0 Å². The van der Waals surface area contributed by atoms with Gasteiger partial charge in [-0.15, -0.1) is 0 Å². The van der Waals surface area contributed by atoms with Crippen LogP contribution in [0.5, 0.6) is 0 Å². The fraction of sp³-hybridized carbons (Fsp3) is 0.929. The summed E-state index contributed by atoms with van der Waals surface area (Å²) in [4.78, 5) is 10.9. The third kappa shape index (κ3) is 7.37. The Kier molecular flexibility index (Phi) is 9.14. The van der Waals surface area contributed by atoms with E-state index < -0.39 is 11.4 Å². The van der Waals surface area contributed by atoms with Crippen molar-refractivity contribution in [1.29, 1.82) is 0 Å². The predicted molar refractivity (Wildman–Crippen MR) is 70.1 cm³/mol. The minimum atomic E-state index is -0.942. The molecule has 3 nitrogen and oxygen atoms in total. The maximum atomic E-state index is 10.9. The van der Waals surface area contributed by atoms with Crippen LogP contribution in [-0.4, -0.2) is 22.8 Å². The number of unbranched alkanes of at least 4 members (excludes halogenated alkanes) is 7. The van der Waals surface area contributed by atoms with Crippen LogP contribution in [-0.2, 0) is 4.79 Å². The lowest BCUT2D eigenvalue weighted by Crippen LogP contribution is -2.31. The second-order valence-electron chi connectivity index (χ2n) is 5.25. The molecule has 0 spiro atoms. The van der Waals surface area contributed by atoms with E-state index in [1.807, 2.05) is 0 Å². The van der Waals surface area contributed by atoms with Gasteiger partial charge in [-0.2, -0.15) is 0 Å². The van der Waals surface area contributed by atoms with Gasteiger partial charge in [0.15, 0.2) is 0 Å². The van der Waals surface area contributed by atoms with Crippen molar-refractivity contribution in [2.75, 3.05) is 6.61 Å². The van der Waals surface area contributed by atoms with Gasteiger partial charge >= 0.3 is 5.97 Å². The van der Waals surface area contributed by atoms with Gasteiger partial charge in [-0.1, -0.05) is 58.3 Å². The van der Waals surface area contributed by atoms with Crippen molar-refractivity contribution in [3.63, 3.8) is 0 Å². The zero-order chi connectivity index (χ0) is 13.1. The first-order valence-corrected chi connectivity index (χ1v) is 6.91. The molecule has 0 aromatic rings. The molecule has 1 unspecified atom stereocenters. The second-order valence-corrected chi connectivity index (χ2v) is 5.25. The summed E-state index contributed by atoms with van der Waals surface area (Å²) in [5.41, 5.74) is -0.942. The van der Waals surface area contributed by atoms with Gasteiger partial charge in [0.2, 0.25) is 0 Å². The molecule has 17 heavy (non-hydrogen) atoms. The van der Waals surface area contributed by atoms with Crippen LogP contribution in [0.1, 0.15) is 71.6 Å². The molecule has 0 heterocycles. The Bertz CT molecular complexity index is 204. The van der Waals surface area contributed by atoms with Gasteiger partial charge in [0.25, 0.3) is 0 Å². The van der Waals surface area contributed by atoms with Crippen LogP contribution in [0.2, 0.25) is 0 Å². The van der Waals surface area contributed by atoms with Crippen LogP contribution >= 0.6 is 0 Å². The summed E-state index contributed by atoms with van der Waals surface area (Å²) in [6.07, 6.45) is 10.2. The summed E-state index contributed by atoms with van der Waals surface area (Å²) in [6.45, 7) is 3.57. The molecule has 0 radical (unpaired) electrons. The van der Waals surface area contributed by atoms with Gasteiger partial charge in [0, 0.05) is 0 Å². The minimum absolute atomic E-state index is 0.265. The van der Waals surface area contributed by atoms with Crippen LogP contribution in [0.4, 0.5) is 0 Å². The molecule has 0 aromatic carbocycles. The van der Waals surface area contributed by atoms with Crippen LogP contribution < -0.4 is 0 Å². The van der Waals surface area contributed by atoms with E-state index in [-0.39, 0.29) is 6.61 Å². The molecule has 0 aromatic heterocycles. The fourth-order valence-electron chi connectivity index (χ4n) is 1.90. The van der Waals surface area contributed by atoms with Crippen LogP contribution in [0.25, 0.3) is 0 Å². The molecule has 0 bridgehead atoms. The molecule has 0 saturated carbocycles. The summed E-state index contributed by atoms with van der Waals surface area (Å²) in [5, 5.41) is 18.0. The monoisotopic (exact) mass is 244 g/mol. The lowest BCUT2D eigenvalue weighted by molar-refractivity contribution is -0.150. The predicted octanol–water partition coefficient (Wildman–Crippen LogP) is 3.60. The minimum Gasteiger partial charge on any atom is -0.481 e.